The Bertz CT molecular complexity index is 774. The Morgan fingerprint density at radius 3 is 2.74 bits per heavy atom. The number of ketones is 1. The number of halogens is 1. The minimum atomic E-state index is -0.981. The van der Waals surface area contributed by atoms with Gasteiger partial charge in [0.1, 0.15) is 10.8 Å². The number of hydrogen-bond donors (Lipinski definition) is 0. The van der Waals surface area contributed by atoms with E-state index in [-0.39, 0.29) is 5.56 Å². The van der Waals surface area contributed by atoms with Gasteiger partial charge in [0.15, 0.2) is 11.7 Å². The predicted molar refractivity (Wildman–Crippen MR) is 87.4 cm³/mol. The van der Waals surface area contributed by atoms with E-state index in [1.54, 1.807) is 17.5 Å². The Labute approximate surface area is 138 Å². The molecule has 0 amide bonds. The third-order valence-corrected chi connectivity index (χ3v) is 4.98. The van der Waals surface area contributed by atoms with Gasteiger partial charge in [-0.15, -0.1) is 11.3 Å². The van der Waals surface area contributed by atoms with E-state index in [9.17, 15) is 14.4 Å². The van der Waals surface area contributed by atoms with E-state index in [1.807, 2.05) is 17.9 Å². The third kappa shape index (κ3) is 3.10. The van der Waals surface area contributed by atoms with E-state index in [0.717, 1.165) is 31.6 Å². The van der Waals surface area contributed by atoms with E-state index >= 15 is 0 Å². The maximum Gasteiger partial charge on any atom is 0.187 e. The van der Waals surface area contributed by atoms with Gasteiger partial charge in [0, 0.05) is 29.7 Å². The summed E-state index contributed by atoms with van der Waals surface area (Å²) in [4.78, 5) is 18.7. The molecule has 0 N–H and O–H groups in total. The predicted octanol–water partition coefficient (Wildman–Crippen LogP) is 3.68. The average molecular weight is 329 g/mol. The lowest BCUT2D eigenvalue weighted by Gasteiger charge is -2.18. The Morgan fingerprint density at radius 2 is 2.17 bits per heavy atom. The van der Waals surface area contributed by atoms with Gasteiger partial charge >= 0.3 is 0 Å². The fourth-order valence-corrected chi connectivity index (χ4v) is 3.61. The molecule has 1 fully saturated rings. The number of carbonyl (C=O) groups is 1. The molecule has 23 heavy (non-hydrogen) atoms. The summed E-state index contributed by atoms with van der Waals surface area (Å²) in [5.74, 6) is -1.80. The van der Waals surface area contributed by atoms with Crippen LogP contribution in [0.25, 0.3) is 0 Å². The number of anilines is 1. The van der Waals surface area contributed by atoms with Crippen molar-refractivity contribution in [1.29, 1.82) is 5.26 Å². The highest BCUT2D eigenvalue weighted by Crippen LogP contribution is 2.28. The maximum atomic E-state index is 14.3. The van der Waals surface area contributed by atoms with Crippen molar-refractivity contribution in [3.05, 3.63) is 45.7 Å². The van der Waals surface area contributed by atoms with Crippen LogP contribution in [-0.4, -0.2) is 23.9 Å². The highest BCUT2D eigenvalue weighted by molar-refractivity contribution is 7.10. The first-order valence-electron chi connectivity index (χ1n) is 7.50. The van der Waals surface area contributed by atoms with Gasteiger partial charge in [0.05, 0.1) is 11.8 Å². The monoisotopic (exact) mass is 329 g/mol. The zero-order chi connectivity index (χ0) is 16.4. The van der Waals surface area contributed by atoms with Crippen molar-refractivity contribution in [3.63, 3.8) is 0 Å². The van der Waals surface area contributed by atoms with Gasteiger partial charge in [0.25, 0.3) is 0 Å². The molecule has 2 aromatic rings. The second-order valence-electron chi connectivity index (χ2n) is 5.61. The molecule has 0 bridgehead atoms. The molecule has 1 aliphatic rings. The van der Waals surface area contributed by atoms with E-state index < -0.39 is 17.5 Å². The Balaban J connectivity index is 1.87. The van der Waals surface area contributed by atoms with Gasteiger partial charge < -0.3 is 4.90 Å². The summed E-state index contributed by atoms with van der Waals surface area (Å²) >= 11 is 1.28. The summed E-state index contributed by atoms with van der Waals surface area (Å²) < 4.78 is 14.3. The average Bonchev–Trinajstić information content (AvgIpc) is 3.20. The topological polar surface area (TPSA) is 57.0 Å². The largest absolute Gasteiger partial charge is 0.369 e. The van der Waals surface area contributed by atoms with Crippen molar-refractivity contribution in [2.75, 3.05) is 18.0 Å². The SMILES string of the molecule is Cc1csc([C@@H](C#N)C(=O)c2ccc(N3CCCC3)c(F)c2)n1. The highest BCUT2D eigenvalue weighted by Gasteiger charge is 2.26. The van der Waals surface area contributed by atoms with Crippen molar-refractivity contribution < 1.29 is 9.18 Å². The number of aromatic nitrogens is 1. The number of aryl methyl sites for hydroxylation is 1. The van der Waals surface area contributed by atoms with Crippen molar-refractivity contribution >= 4 is 22.8 Å². The lowest BCUT2D eigenvalue weighted by atomic mass is 9.99. The molecule has 3 rings (SSSR count). The minimum Gasteiger partial charge on any atom is -0.369 e. The molecule has 1 saturated heterocycles. The molecule has 0 radical (unpaired) electrons. The molecule has 0 unspecified atom stereocenters. The van der Waals surface area contributed by atoms with Crippen molar-refractivity contribution in [1.82, 2.24) is 4.98 Å². The van der Waals surface area contributed by atoms with Crippen LogP contribution in [0.4, 0.5) is 10.1 Å². The normalized spacial score (nSPS) is 15.4. The first-order valence-corrected chi connectivity index (χ1v) is 8.38. The lowest BCUT2D eigenvalue weighted by Crippen LogP contribution is -2.19. The first kappa shape index (κ1) is 15.6. The molecule has 1 aromatic heterocycles. The van der Waals surface area contributed by atoms with Crippen LogP contribution in [0.5, 0.6) is 0 Å². The fraction of sp³-hybridized carbons (Fsp3) is 0.353. The highest BCUT2D eigenvalue weighted by atomic mass is 32.1. The fourth-order valence-electron chi connectivity index (χ4n) is 2.77. The standard InChI is InChI=1S/C17H16FN3OS/c1-11-10-23-17(20-11)13(9-19)16(22)12-4-5-15(14(18)8-12)21-6-2-3-7-21/h4-5,8,10,13H,2-3,6-7H2,1H3/t13-/m0/s1. The number of nitrogens with zero attached hydrogens (tertiary/aromatic N) is 3. The van der Waals surface area contributed by atoms with Gasteiger partial charge in [-0.25, -0.2) is 9.37 Å². The molecule has 0 aliphatic carbocycles. The Hall–Kier alpha value is -2.26. The third-order valence-electron chi connectivity index (χ3n) is 3.95. The smallest absolute Gasteiger partial charge is 0.187 e. The van der Waals surface area contributed by atoms with Gasteiger partial charge in [-0.1, -0.05) is 0 Å². The number of nitriles is 1. The Morgan fingerprint density at radius 1 is 1.43 bits per heavy atom. The zero-order valence-electron chi connectivity index (χ0n) is 12.8. The zero-order valence-corrected chi connectivity index (χ0v) is 13.6. The van der Waals surface area contributed by atoms with Crippen LogP contribution < -0.4 is 4.90 Å². The van der Waals surface area contributed by atoms with Crippen molar-refractivity contribution in [2.45, 2.75) is 25.7 Å². The van der Waals surface area contributed by atoms with Gasteiger partial charge in [-0.05, 0) is 38.0 Å². The molecule has 0 spiro atoms. The number of benzene rings is 1. The van der Waals surface area contributed by atoms with Crippen LogP contribution in [-0.2, 0) is 0 Å². The van der Waals surface area contributed by atoms with E-state index in [4.69, 9.17) is 0 Å². The van der Waals surface area contributed by atoms with E-state index in [0.29, 0.717) is 10.7 Å². The van der Waals surface area contributed by atoms with Gasteiger partial charge in [-0.3, -0.25) is 4.79 Å². The van der Waals surface area contributed by atoms with Gasteiger partial charge in [-0.2, -0.15) is 5.26 Å². The summed E-state index contributed by atoms with van der Waals surface area (Å²) in [5.41, 5.74) is 1.51. The molecule has 6 heteroatoms. The number of carbonyl (C=O) groups excluding carboxylic acids is 1. The number of Topliss-reactive ketones (excluding diaryl/α,β-unsaturated/α-hetero) is 1. The summed E-state index contributed by atoms with van der Waals surface area (Å²) in [6, 6.07) is 6.46. The molecule has 2 heterocycles. The van der Waals surface area contributed by atoms with Crippen LogP contribution in [0.15, 0.2) is 23.6 Å². The quantitative estimate of drug-likeness (QED) is 0.803. The van der Waals surface area contributed by atoms with Crippen molar-refractivity contribution in [3.8, 4) is 6.07 Å². The molecule has 0 saturated carbocycles. The summed E-state index contributed by atoms with van der Waals surface area (Å²) in [6.45, 7) is 3.48. The molecular weight excluding hydrogens is 313 g/mol. The molecule has 1 aliphatic heterocycles. The van der Waals surface area contributed by atoms with Crippen LogP contribution in [0.2, 0.25) is 0 Å². The maximum absolute atomic E-state index is 14.3. The number of thiazole rings is 1. The first-order chi connectivity index (χ1) is 11.1. The van der Waals surface area contributed by atoms with E-state index in [2.05, 4.69) is 4.98 Å². The van der Waals surface area contributed by atoms with E-state index in [1.165, 1.54) is 17.4 Å². The molecule has 4 nitrogen and oxygen atoms in total. The summed E-state index contributed by atoms with van der Waals surface area (Å²) in [6.07, 6.45) is 2.11. The second-order valence-corrected chi connectivity index (χ2v) is 6.50. The lowest BCUT2D eigenvalue weighted by molar-refractivity contribution is 0.0978. The van der Waals surface area contributed by atoms with Crippen molar-refractivity contribution in [2.24, 2.45) is 0 Å². The van der Waals surface area contributed by atoms with Crippen LogP contribution in [0, 0.1) is 24.1 Å². The molecule has 1 aromatic carbocycles. The number of hydrogen-bond acceptors (Lipinski definition) is 5. The minimum absolute atomic E-state index is 0.213. The summed E-state index contributed by atoms with van der Waals surface area (Å²) in [7, 11) is 0. The van der Waals surface area contributed by atoms with Crippen LogP contribution >= 0.6 is 11.3 Å². The van der Waals surface area contributed by atoms with Gasteiger partial charge in [0.2, 0.25) is 0 Å². The molecule has 118 valence electrons. The second kappa shape index (κ2) is 6.47. The molecule has 1 atom stereocenters. The van der Waals surface area contributed by atoms with Crippen LogP contribution in [0.1, 0.15) is 39.8 Å². The summed E-state index contributed by atoms with van der Waals surface area (Å²) in [5, 5.41) is 11.6. The van der Waals surface area contributed by atoms with Crippen LogP contribution in [0.3, 0.4) is 0 Å². The Kier molecular flexibility index (Phi) is 4.39. The molecular formula is C17H16FN3OS. The number of rotatable bonds is 4.